The van der Waals surface area contributed by atoms with Crippen molar-refractivity contribution in [1.82, 2.24) is 5.32 Å². The zero-order valence-electron chi connectivity index (χ0n) is 12.6. The molecule has 0 saturated carbocycles. The zero-order valence-corrected chi connectivity index (χ0v) is 13.5. The molecule has 0 bridgehead atoms. The minimum absolute atomic E-state index is 0.149. The molecule has 0 unspecified atom stereocenters. The van der Waals surface area contributed by atoms with E-state index in [-0.39, 0.29) is 5.91 Å². The van der Waals surface area contributed by atoms with Crippen LogP contribution in [0.25, 0.3) is 0 Å². The van der Waals surface area contributed by atoms with E-state index in [9.17, 15) is 4.79 Å². The van der Waals surface area contributed by atoms with Gasteiger partial charge < -0.3 is 16.0 Å². The molecule has 0 aliphatic carbocycles. The summed E-state index contributed by atoms with van der Waals surface area (Å²) in [6, 6.07) is 14.9. The smallest absolute Gasteiger partial charge is 0.255 e. The Kier molecular flexibility index (Phi) is 5.49. The van der Waals surface area contributed by atoms with Crippen molar-refractivity contribution >= 4 is 34.6 Å². The van der Waals surface area contributed by atoms with Gasteiger partial charge in [0.1, 0.15) is 0 Å². The predicted molar refractivity (Wildman–Crippen MR) is 95.5 cm³/mol. The van der Waals surface area contributed by atoms with Gasteiger partial charge in [-0.1, -0.05) is 18.2 Å². The van der Waals surface area contributed by atoms with Gasteiger partial charge in [0.2, 0.25) is 0 Å². The first-order chi connectivity index (χ1) is 10.6. The third kappa shape index (κ3) is 4.56. The number of carbonyl (C=O) groups excluding carboxylic acids is 1. The Balaban J connectivity index is 2.08. The third-order valence-corrected chi connectivity index (χ3v) is 3.24. The highest BCUT2D eigenvalue weighted by molar-refractivity contribution is 7.80. The van der Waals surface area contributed by atoms with Crippen LogP contribution in [0, 0.1) is 6.92 Å². The van der Waals surface area contributed by atoms with E-state index < -0.39 is 0 Å². The fraction of sp³-hybridized carbons (Fsp3) is 0.176. The lowest BCUT2D eigenvalue weighted by molar-refractivity contribution is 0.102. The molecule has 2 rings (SSSR count). The lowest BCUT2D eigenvalue weighted by Gasteiger charge is -2.10. The Morgan fingerprint density at radius 3 is 2.41 bits per heavy atom. The Hall–Kier alpha value is -2.40. The molecule has 0 saturated heterocycles. The van der Waals surface area contributed by atoms with Gasteiger partial charge in [0.25, 0.3) is 5.91 Å². The van der Waals surface area contributed by atoms with Gasteiger partial charge in [-0.3, -0.25) is 4.79 Å². The molecule has 0 atom stereocenters. The highest BCUT2D eigenvalue weighted by atomic mass is 32.1. The Labute approximate surface area is 135 Å². The van der Waals surface area contributed by atoms with Crippen LogP contribution in [0.3, 0.4) is 0 Å². The summed E-state index contributed by atoms with van der Waals surface area (Å²) in [5.41, 5.74) is 3.24. The van der Waals surface area contributed by atoms with Crippen LogP contribution >= 0.6 is 12.2 Å². The number of rotatable bonds is 4. The van der Waals surface area contributed by atoms with Crippen molar-refractivity contribution in [3.05, 3.63) is 59.7 Å². The summed E-state index contributed by atoms with van der Waals surface area (Å²) >= 11 is 5.14. The number of hydrogen-bond acceptors (Lipinski definition) is 2. The van der Waals surface area contributed by atoms with Gasteiger partial charge >= 0.3 is 0 Å². The standard InChI is InChI=1S/C17H19N3OS/c1-3-18-17(22)20-15-9-5-7-13(11-15)16(21)19-14-8-4-6-12(2)10-14/h4-11H,3H2,1-2H3,(H,19,21)(H2,18,20,22). The average Bonchev–Trinajstić information content (AvgIpc) is 2.47. The van der Waals surface area contributed by atoms with Crippen LogP contribution in [0.4, 0.5) is 11.4 Å². The summed E-state index contributed by atoms with van der Waals surface area (Å²) in [7, 11) is 0. The van der Waals surface area contributed by atoms with E-state index in [1.54, 1.807) is 12.1 Å². The van der Waals surface area contributed by atoms with Crippen LogP contribution in [0.15, 0.2) is 48.5 Å². The average molecular weight is 313 g/mol. The molecule has 0 radical (unpaired) electrons. The topological polar surface area (TPSA) is 53.2 Å². The first-order valence-electron chi connectivity index (χ1n) is 7.11. The minimum Gasteiger partial charge on any atom is -0.363 e. The van der Waals surface area contributed by atoms with E-state index in [0.717, 1.165) is 23.5 Å². The second-order valence-corrected chi connectivity index (χ2v) is 5.30. The van der Waals surface area contributed by atoms with Crippen LogP contribution in [0.5, 0.6) is 0 Å². The molecule has 5 heteroatoms. The number of nitrogens with one attached hydrogen (secondary N) is 3. The van der Waals surface area contributed by atoms with Crippen LogP contribution in [0.1, 0.15) is 22.8 Å². The van der Waals surface area contributed by atoms with Crippen LogP contribution in [-0.2, 0) is 0 Å². The van der Waals surface area contributed by atoms with Crippen molar-refractivity contribution in [2.45, 2.75) is 13.8 Å². The molecule has 0 aliphatic rings. The minimum atomic E-state index is -0.149. The largest absolute Gasteiger partial charge is 0.363 e. The van der Waals surface area contributed by atoms with Crippen LogP contribution in [-0.4, -0.2) is 17.6 Å². The number of carbonyl (C=O) groups is 1. The molecule has 2 aromatic carbocycles. The maximum absolute atomic E-state index is 12.3. The third-order valence-electron chi connectivity index (χ3n) is 3.00. The van der Waals surface area contributed by atoms with Gasteiger partial charge in [-0.25, -0.2) is 0 Å². The van der Waals surface area contributed by atoms with E-state index in [2.05, 4.69) is 16.0 Å². The summed E-state index contributed by atoms with van der Waals surface area (Å²) in [6.45, 7) is 4.71. The van der Waals surface area contributed by atoms with Gasteiger partial charge in [-0.2, -0.15) is 0 Å². The summed E-state index contributed by atoms with van der Waals surface area (Å²) in [5, 5.41) is 9.49. The fourth-order valence-corrected chi connectivity index (χ4v) is 2.26. The van der Waals surface area contributed by atoms with E-state index in [1.807, 2.05) is 50.2 Å². The summed E-state index contributed by atoms with van der Waals surface area (Å²) in [4.78, 5) is 12.3. The van der Waals surface area contributed by atoms with Crippen molar-refractivity contribution in [3.63, 3.8) is 0 Å². The van der Waals surface area contributed by atoms with Crippen LogP contribution < -0.4 is 16.0 Å². The van der Waals surface area contributed by atoms with Crippen molar-refractivity contribution in [3.8, 4) is 0 Å². The van der Waals surface area contributed by atoms with Crippen molar-refractivity contribution in [1.29, 1.82) is 0 Å². The second kappa shape index (κ2) is 7.56. The van der Waals surface area contributed by atoms with Crippen molar-refractivity contribution in [2.75, 3.05) is 17.2 Å². The molecule has 1 amide bonds. The Morgan fingerprint density at radius 2 is 1.73 bits per heavy atom. The first kappa shape index (κ1) is 16.0. The molecule has 0 fully saturated rings. The first-order valence-corrected chi connectivity index (χ1v) is 7.52. The van der Waals surface area contributed by atoms with E-state index >= 15 is 0 Å². The zero-order chi connectivity index (χ0) is 15.9. The normalized spacial score (nSPS) is 9.91. The molecule has 3 N–H and O–H groups in total. The van der Waals surface area contributed by atoms with E-state index in [0.29, 0.717) is 10.7 Å². The maximum atomic E-state index is 12.3. The number of amides is 1. The monoisotopic (exact) mass is 313 g/mol. The van der Waals surface area contributed by atoms with Gasteiger partial charge in [-0.05, 0) is 62.0 Å². The highest BCUT2D eigenvalue weighted by Gasteiger charge is 2.07. The summed E-state index contributed by atoms with van der Waals surface area (Å²) < 4.78 is 0. The van der Waals surface area contributed by atoms with Crippen molar-refractivity contribution < 1.29 is 4.79 Å². The van der Waals surface area contributed by atoms with Gasteiger partial charge in [0.15, 0.2) is 5.11 Å². The molecule has 0 aliphatic heterocycles. The number of benzene rings is 2. The number of aryl methyl sites for hydroxylation is 1. The molecular formula is C17H19N3OS. The Morgan fingerprint density at radius 1 is 1.05 bits per heavy atom. The lowest BCUT2D eigenvalue weighted by atomic mass is 10.1. The van der Waals surface area contributed by atoms with Gasteiger partial charge in [0.05, 0.1) is 0 Å². The number of thiocarbonyl (C=S) groups is 1. The predicted octanol–water partition coefficient (Wildman–Crippen LogP) is 3.55. The molecule has 4 nitrogen and oxygen atoms in total. The number of anilines is 2. The Bertz CT molecular complexity index is 685. The quantitative estimate of drug-likeness (QED) is 0.756. The van der Waals surface area contributed by atoms with Crippen molar-refractivity contribution in [2.24, 2.45) is 0 Å². The lowest BCUT2D eigenvalue weighted by Crippen LogP contribution is -2.28. The summed E-state index contributed by atoms with van der Waals surface area (Å²) in [6.07, 6.45) is 0. The van der Waals surface area contributed by atoms with Gasteiger partial charge in [0, 0.05) is 23.5 Å². The number of hydrogen-bond donors (Lipinski definition) is 3. The molecule has 2 aromatic rings. The summed E-state index contributed by atoms with van der Waals surface area (Å²) in [5.74, 6) is -0.149. The molecule has 114 valence electrons. The molecule has 0 heterocycles. The molecular weight excluding hydrogens is 294 g/mol. The van der Waals surface area contributed by atoms with E-state index in [4.69, 9.17) is 12.2 Å². The highest BCUT2D eigenvalue weighted by Crippen LogP contribution is 2.14. The maximum Gasteiger partial charge on any atom is 0.255 e. The fourth-order valence-electron chi connectivity index (χ4n) is 2.00. The SMILES string of the molecule is CCNC(=S)Nc1cccc(C(=O)Nc2cccc(C)c2)c1. The van der Waals surface area contributed by atoms with E-state index in [1.165, 1.54) is 0 Å². The molecule has 0 aromatic heterocycles. The van der Waals surface area contributed by atoms with Crippen LogP contribution in [0.2, 0.25) is 0 Å². The molecule has 0 spiro atoms. The molecule has 22 heavy (non-hydrogen) atoms. The second-order valence-electron chi connectivity index (χ2n) is 4.89. The van der Waals surface area contributed by atoms with Gasteiger partial charge in [-0.15, -0.1) is 0 Å².